The SMILES string of the molecule is Cc1ccc2cc(C)c3nn(CCNC(=O)C4CSCC(=O)N4)c(=O)n3c2c1. The smallest absolute Gasteiger partial charge is 0.350 e. The average molecular weight is 399 g/mol. The minimum Gasteiger partial charge on any atom is -0.352 e. The van der Waals surface area contributed by atoms with Crippen LogP contribution in [0.5, 0.6) is 0 Å². The van der Waals surface area contributed by atoms with Crippen molar-refractivity contribution in [2.45, 2.75) is 26.4 Å². The number of thioether (sulfide) groups is 1. The van der Waals surface area contributed by atoms with Gasteiger partial charge >= 0.3 is 5.69 Å². The van der Waals surface area contributed by atoms with Crippen LogP contribution in [0.3, 0.4) is 0 Å². The van der Waals surface area contributed by atoms with Crippen LogP contribution in [0, 0.1) is 13.8 Å². The number of pyridine rings is 1. The van der Waals surface area contributed by atoms with Crippen molar-refractivity contribution >= 4 is 40.1 Å². The molecule has 4 rings (SSSR count). The fraction of sp³-hybridized carbons (Fsp3) is 0.368. The topological polar surface area (TPSA) is 97.5 Å². The summed E-state index contributed by atoms with van der Waals surface area (Å²) in [5.74, 6) is 0.559. The third kappa shape index (κ3) is 3.37. The molecule has 2 aromatic heterocycles. The first-order chi connectivity index (χ1) is 13.4. The van der Waals surface area contributed by atoms with Gasteiger partial charge in [0.15, 0.2) is 5.65 Å². The molecule has 1 aliphatic heterocycles. The number of aromatic nitrogens is 3. The molecular formula is C19H21N5O3S. The van der Waals surface area contributed by atoms with Gasteiger partial charge in [-0.15, -0.1) is 16.9 Å². The van der Waals surface area contributed by atoms with Crippen LogP contribution < -0.4 is 16.3 Å². The second kappa shape index (κ2) is 7.31. The van der Waals surface area contributed by atoms with E-state index < -0.39 is 6.04 Å². The Labute approximate surface area is 165 Å². The van der Waals surface area contributed by atoms with Gasteiger partial charge in [-0.1, -0.05) is 12.1 Å². The zero-order valence-electron chi connectivity index (χ0n) is 15.7. The summed E-state index contributed by atoms with van der Waals surface area (Å²) in [7, 11) is 0. The summed E-state index contributed by atoms with van der Waals surface area (Å²) in [6, 6.07) is 7.48. The molecule has 0 radical (unpaired) electrons. The zero-order valence-corrected chi connectivity index (χ0v) is 16.5. The standard InChI is InChI=1S/C19H21N5O3S/c1-11-3-4-13-8-12(2)17-22-23(19(27)24(17)15(13)7-11)6-5-20-18(26)14-9-28-10-16(25)21-14/h3-4,7-8,14H,5-6,9-10H2,1-2H3,(H,20,26)(H,21,25). The Morgan fingerprint density at radius 2 is 2.14 bits per heavy atom. The van der Waals surface area contributed by atoms with E-state index in [1.54, 1.807) is 4.40 Å². The van der Waals surface area contributed by atoms with Gasteiger partial charge in [0.2, 0.25) is 11.8 Å². The Bertz CT molecular complexity index is 1150. The number of hydrogen-bond donors (Lipinski definition) is 2. The quantitative estimate of drug-likeness (QED) is 0.670. The molecule has 8 nitrogen and oxygen atoms in total. The number of nitrogens with zero attached hydrogens (tertiary/aromatic N) is 3. The van der Waals surface area contributed by atoms with Gasteiger partial charge in [-0.25, -0.2) is 13.9 Å². The molecule has 1 unspecified atom stereocenters. The number of nitrogens with one attached hydrogen (secondary N) is 2. The maximum absolute atomic E-state index is 12.9. The monoisotopic (exact) mass is 399 g/mol. The summed E-state index contributed by atoms with van der Waals surface area (Å²) >= 11 is 1.43. The van der Waals surface area contributed by atoms with Crippen LogP contribution in [-0.4, -0.2) is 50.1 Å². The highest BCUT2D eigenvalue weighted by molar-refractivity contribution is 8.00. The molecule has 2 amide bonds. The van der Waals surface area contributed by atoms with E-state index in [-0.39, 0.29) is 30.6 Å². The van der Waals surface area contributed by atoms with E-state index in [2.05, 4.69) is 15.7 Å². The second-order valence-electron chi connectivity index (χ2n) is 6.98. The van der Waals surface area contributed by atoms with Crippen LogP contribution >= 0.6 is 11.8 Å². The van der Waals surface area contributed by atoms with E-state index in [1.165, 1.54) is 16.4 Å². The Morgan fingerprint density at radius 1 is 1.32 bits per heavy atom. The largest absolute Gasteiger partial charge is 0.352 e. The predicted octanol–water partition coefficient (Wildman–Crippen LogP) is 0.614. The van der Waals surface area contributed by atoms with E-state index in [0.29, 0.717) is 17.2 Å². The van der Waals surface area contributed by atoms with Crippen molar-refractivity contribution in [3.63, 3.8) is 0 Å². The number of amides is 2. The summed E-state index contributed by atoms with van der Waals surface area (Å²) in [4.78, 5) is 36.5. The van der Waals surface area contributed by atoms with Crippen molar-refractivity contribution in [2.75, 3.05) is 18.1 Å². The first-order valence-electron chi connectivity index (χ1n) is 9.08. The van der Waals surface area contributed by atoms with Gasteiger partial charge < -0.3 is 10.6 Å². The highest BCUT2D eigenvalue weighted by atomic mass is 32.2. The van der Waals surface area contributed by atoms with Crippen LogP contribution in [0.15, 0.2) is 29.1 Å². The van der Waals surface area contributed by atoms with Gasteiger partial charge in [0, 0.05) is 12.3 Å². The molecule has 3 aromatic rings. The van der Waals surface area contributed by atoms with Crippen LogP contribution in [-0.2, 0) is 16.1 Å². The van der Waals surface area contributed by atoms with Crippen molar-refractivity contribution in [2.24, 2.45) is 0 Å². The lowest BCUT2D eigenvalue weighted by atomic mass is 10.1. The summed E-state index contributed by atoms with van der Waals surface area (Å²) in [5.41, 5.74) is 3.19. The van der Waals surface area contributed by atoms with Crippen molar-refractivity contribution in [3.05, 3.63) is 45.9 Å². The number of hydrogen-bond acceptors (Lipinski definition) is 5. The Hall–Kier alpha value is -2.81. The molecular weight excluding hydrogens is 378 g/mol. The lowest BCUT2D eigenvalue weighted by molar-refractivity contribution is -0.127. The molecule has 1 fully saturated rings. The van der Waals surface area contributed by atoms with Gasteiger partial charge in [-0.05, 0) is 42.5 Å². The van der Waals surface area contributed by atoms with E-state index >= 15 is 0 Å². The second-order valence-corrected chi connectivity index (χ2v) is 8.01. The predicted molar refractivity (Wildman–Crippen MR) is 109 cm³/mol. The first kappa shape index (κ1) is 18.5. The molecule has 1 atom stereocenters. The van der Waals surface area contributed by atoms with E-state index in [9.17, 15) is 14.4 Å². The van der Waals surface area contributed by atoms with E-state index in [1.807, 2.05) is 38.1 Å². The summed E-state index contributed by atoms with van der Waals surface area (Å²) in [6.07, 6.45) is 0. The van der Waals surface area contributed by atoms with Crippen LogP contribution in [0.25, 0.3) is 16.6 Å². The number of fused-ring (bicyclic) bond motifs is 3. The first-order valence-corrected chi connectivity index (χ1v) is 10.2. The molecule has 0 bridgehead atoms. The lowest BCUT2D eigenvalue weighted by Crippen LogP contribution is -2.52. The van der Waals surface area contributed by atoms with Gasteiger partial charge in [0.25, 0.3) is 0 Å². The molecule has 1 aromatic carbocycles. The molecule has 0 aliphatic carbocycles. The third-order valence-corrected chi connectivity index (χ3v) is 5.82. The maximum Gasteiger partial charge on any atom is 0.350 e. The highest BCUT2D eigenvalue weighted by Gasteiger charge is 2.24. The van der Waals surface area contributed by atoms with Gasteiger partial charge in [-0.3, -0.25) is 9.59 Å². The number of carbonyl (C=O) groups is 2. The Balaban J connectivity index is 1.55. The summed E-state index contributed by atoms with van der Waals surface area (Å²) in [5, 5.41) is 10.9. The highest BCUT2D eigenvalue weighted by Crippen LogP contribution is 2.19. The van der Waals surface area contributed by atoms with Gasteiger partial charge in [0.1, 0.15) is 6.04 Å². The molecule has 2 N–H and O–H groups in total. The van der Waals surface area contributed by atoms with E-state index in [0.717, 1.165) is 22.0 Å². The van der Waals surface area contributed by atoms with E-state index in [4.69, 9.17) is 0 Å². The summed E-state index contributed by atoms with van der Waals surface area (Å²) in [6.45, 7) is 4.43. The van der Waals surface area contributed by atoms with Crippen LogP contribution in [0.2, 0.25) is 0 Å². The summed E-state index contributed by atoms with van der Waals surface area (Å²) < 4.78 is 3.00. The molecule has 1 aliphatic rings. The number of carbonyl (C=O) groups excluding carboxylic acids is 2. The molecule has 0 saturated carbocycles. The lowest BCUT2D eigenvalue weighted by Gasteiger charge is -2.21. The van der Waals surface area contributed by atoms with Crippen molar-refractivity contribution in [1.82, 2.24) is 24.8 Å². The minimum absolute atomic E-state index is 0.134. The molecule has 0 spiro atoms. The molecule has 146 valence electrons. The maximum atomic E-state index is 12.9. The minimum atomic E-state index is -0.529. The van der Waals surface area contributed by atoms with Crippen LogP contribution in [0.4, 0.5) is 0 Å². The average Bonchev–Trinajstić information content (AvgIpc) is 3.00. The fourth-order valence-corrected chi connectivity index (χ4v) is 4.25. The van der Waals surface area contributed by atoms with Crippen molar-refractivity contribution in [1.29, 1.82) is 0 Å². The van der Waals surface area contributed by atoms with Gasteiger partial charge in [0.05, 0.1) is 17.8 Å². The molecule has 28 heavy (non-hydrogen) atoms. The van der Waals surface area contributed by atoms with Crippen molar-refractivity contribution < 1.29 is 9.59 Å². The Morgan fingerprint density at radius 3 is 2.93 bits per heavy atom. The van der Waals surface area contributed by atoms with Gasteiger partial charge in [-0.2, -0.15) is 0 Å². The van der Waals surface area contributed by atoms with Crippen molar-refractivity contribution in [3.8, 4) is 0 Å². The molecule has 9 heteroatoms. The fourth-order valence-electron chi connectivity index (χ4n) is 3.39. The number of rotatable bonds is 4. The number of benzene rings is 1. The third-order valence-electron chi connectivity index (χ3n) is 4.78. The zero-order chi connectivity index (χ0) is 19.8. The normalized spacial score (nSPS) is 17.1. The number of aryl methyl sites for hydroxylation is 2. The molecule has 3 heterocycles. The van der Waals surface area contributed by atoms with Crippen LogP contribution in [0.1, 0.15) is 11.1 Å². The Kier molecular flexibility index (Phi) is 4.84. The molecule has 1 saturated heterocycles.